The minimum absolute atomic E-state index is 0.0592. The lowest BCUT2D eigenvalue weighted by Gasteiger charge is -2.29. The fourth-order valence-corrected chi connectivity index (χ4v) is 5.95. The molecule has 5 heterocycles. The molecule has 2 fully saturated rings. The van der Waals surface area contributed by atoms with Crippen LogP contribution in [0.3, 0.4) is 0 Å². The summed E-state index contributed by atoms with van der Waals surface area (Å²) in [5.74, 6) is 0.940. The van der Waals surface area contributed by atoms with Crippen LogP contribution in [0.1, 0.15) is 12.1 Å². The van der Waals surface area contributed by atoms with Gasteiger partial charge in [0.15, 0.2) is 0 Å². The fourth-order valence-electron chi connectivity index (χ4n) is 4.82. The molecule has 0 unspecified atom stereocenters. The van der Waals surface area contributed by atoms with E-state index in [2.05, 4.69) is 25.4 Å². The molecule has 0 spiro atoms. The SMILES string of the molecule is O=C1O[C@@H](Cn2ccnn2)CN1c1ccc(-c2ccc(C3=NO[C@H](CN4CC[S+]([O-])CC4)C3)nc2)c(F)c1. The second kappa shape index (κ2) is 10.7. The average molecular weight is 540 g/mol. The number of pyridine rings is 1. The van der Waals surface area contributed by atoms with E-state index in [4.69, 9.17) is 9.57 Å². The lowest BCUT2D eigenvalue weighted by Crippen LogP contribution is -2.43. The lowest BCUT2D eigenvalue weighted by molar-refractivity contribution is 0.0549. The monoisotopic (exact) mass is 539 g/mol. The van der Waals surface area contributed by atoms with Crippen LogP contribution >= 0.6 is 0 Å². The number of nitrogens with zero attached hydrogens (tertiary/aromatic N) is 7. The van der Waals surface area contributed by atoms with Crippen LogP contribution in [0.15, 0.2) is 54.1 Å². The molecule has 0 saturated carbocycles. The number of anilines is 1. The van der Waals surface area contributed by atoms with E-state index < -0.39 is 29.2 Å². The summed E-state index contributed by atoms with van der Waals surface area (Å²) >= 11 is -0.707. The molecule has 2 aromatic heterocycles. The Balaban J connectivity index is 1.08. The number of hydrogen-bond donors (Lipinski definition) is 0. The van der Waals surface area contributed by atoms with Gasteiger partial charge in [-0.15, -0.1) is 5.10 Å². The molecule has 198 valence electrons. The summed E-state index contributed by atoms with van der Waals surface area (Å²) in [6.45, 7) is 3.02. The molecule has 1 aromatic carbocycles. The number of halogens is 1. The maximum absolute atomic E-state index is 15.1. The summed E-state index contributed by atoms with van der Waals surface area (Å²) in [6.07, 6.45) is 4.50. The number of amides is 1. The number of benzene rings is 1. The number of aromatic nitrogens is 4. The molecular formula is C25H26FN7O4S. The summed E-state index contributed by atoms with van der Waals surface area (Å²) in [5.41, 5.74) is 2.86. The third-order valence-corrected chi connectivity index (χ3v) is 8.11. The second-order valence-corrected chi connectivity index (χ2v) is 11.2. The Bertz CT molecular complexity index is 1320. The summed E-state index contributed by atoms with van der Waals surface area (Å²) in [7, 11) is 0. The summed E-state index contributed by atoms with van der Waals surface area (Å²) in [5, 5.41) is 11.8. The molecule has 1 amide bonds. The summed E-state index contributed by atoms with van der Waals surface area (Å²) < 4.78 is 33.7. The Morgan fingerprint density at radius 3 is 2.74 bits per heavy atom. The Kier molecular flexibility index (Phi) is 6.96. The predicted octanol–water partition coefficient (Wildman–Crippen LogP) is 2.06. The minimum Gasteiger partial charge on any atom is -0.616 e. The van der Waals surface area contributed by atoms with Crippen molar-refractivity contribution in [2.45, 2.75) is 25.2 Å². The van der Waals surface area contributed by atoms with Gasteiger partial charge in [-0.05, 0) is 24.3 Å². The molecule has 38 heavy (non-hydrogen) atoms. The normalized spacial score (nSPS) is 22.4. The van der Waals surface area contributed by atoms with E-state index in [9.17, 15) is 9.35 Å². The van der Waals surface area contributed by atoms with Gasteiger partial charge in [-0.2, -0.15) is 0 Å². The highest BCUT2D eigenvalue weighted by Gasteiger charge is 2.33. The fraction of sp³-hybridized carbons (Fsp3) is 0.400. The molecule has 0 aliphatic carbocycles. The van der Waals surface area contributed by atoms with Gasteiger partial charge in [0.2, 0.25) is 0 Å². The number of oxime groups is 1. The van der Waals surface area contributed by atoms with Crippen LogP contribution in [0.2, 0.25) is 0 Å². The van der Waals surface area contributed by atoms with E-state index in [-0.39, 0.29) is 12.6 Å². The number of carbonyl (C=O) groups is 1. The third-order valence-electron chi connectivity index (χ3n) is 6.84. The van der Waals surface area contributed by atoms with Gasteiger partial charge in [0.1, 0.15) is 35.2 Å². The molecule has 3 aliphatic heterocycles. The number of cyclic esters (lactones) is 1. The summed E-state index contributed by atoms with van der Waals surface area (Å²) in [6, 6.07) is 8.27. The molecule has 3 aliphatic rings. The van der Waals surface area contributed by atoms with E-state index >= 15 is 4.39 Å². The first-order valence-electron chi connectivity index (χ1n) is 12.4. The Hall–Kier alpha value is -3.55. The molecule has 0 N–H and O–H groups in total. The van der Waals surface area contributed by atoms with Crippen LogP contribution in [0.5, 0.6) is 0 Å². The second-order valence-electron chi connectivity index (χ2n) is 9.46. The largest absolute Gasteiger partial charge is 0.616 e. The van der Waals surface area contributed by atoms with E-state index in [1.807, 2.05) is 6.07 Å². The van der Waals surface area contributed by atoms with Crippen LogP contribution in [-0.2, 0) is 27.3 Å². The summed E-state index contributed by atoms with van der Waals surface area (Å²) in [4.78, 5) is 26.2. The van der Waals surface area contributed by atoms with Crippen molar-refractivity contribution in [1.29, 1.82) is 0 Å². The molecule has 11 nitrogen and oxygen atoms in total. The van der Waals surface area contributed by atoms with Gasteiger partial charge in [-0.3, -0.25) is 14.8 Å². The van der Waals surface area contributed by atoms with Gasteiger partial charge in [-0.1, -0.05) is 27.6 Å². The Labute approximate surface area is 221 Å². The van der Waals surface area contributed by atoms with Crippen molar-refractivity contribution in [2.24, 2.45) is 5.16 Å². The van der Waals surface area contributed by atoms with E-state index in [0.29, 0.717) is 47.0 Å². The topological polar surface area (TPSA) is 121 Å². The number of hydrogen-bond acceptors (Lipinski definition) is 9. The molecule has 2 atom stereocenters. The first-order valence-corrected chi connectivity index (χ1v) is 13.9. The van der Waals surface area contributed by atoms with Gasteiger partial charge in [0, 0.05) is 49.6 Å². The molecule has 13 heteroatoms. The highest BCUT2D eigenvalue weighted by atomic mass is 32.2. The van der Waals surface area contributed by atoms with Crippen molar-refractivity contribution < 1.29 is 23.3 Å². The Morgan fingerprint density at radius 2 is 2.00 bits per heavy atom. The zero-order valence-corrected chi connectivity index (χ0v) is 21.3. The van der Waals surface area contributed by atoms with Gasteiger partial charge in [0.05, 0.1) is 30.7 Å². The van der Waals surface area contributed by atoms with Crippen molar-refractivity contribution in [3.63, 3.8) is 0 Å². The van der Waals surface area contributed by atoms with Crippen molar-refractivity contribution in [3.8, 4) is 11.1 Å². The molecule has 2 saturated heterocycles. The molecule has 6 rings (SSSR count). The lowest BCUT2D eigenvalue weighted by atomic mass is 10.0. The zero-order chi connectivity index (χ0) is 26.1. The van der Waals surface area contributed by atoms with Crippen LogP contribution in [-0.4, -0.2) is 91.1 Å². The van der Waals surface area contributed by atoms with Gasteiger partial charge < -0.3 is 14.1 Å². The number of carbonyl (C=O) groups excluding carboxylic acids is 1. The van der Waals surface area contributed by atoms with Crippen molar-refractivity contribution in [3.05, 3.63) is 60.4 Å². The predicted molar refractivity (Wildman–Crippen MR) is 138 cm³/mol. The van der Waals surface area contributed by atoms with Crippen LogP contribution < -0.4 is 4.90 Å². The average Bonchev–Trinajstić information content (AvgIpc) is 3.68. The van der Waals surface area contributed by atoms with Gasteiger partial charge in [0.25, 0.3) is 0 Å². The highest BCUT2D eigenvalue weighted by Crippen LogP contribution is 2.29. The van der Waals surface area contributed by atoms with Crippen LogP contribution in [0.25, 0.3) is 11.1 Å². The van der Waals surface area contributed by atoms with Crippen molar-refractivity contribution >= 4 is 28.7 Å². The van der Waals surface area contributed by atoms with E-state index in [1.165, 1.54) is 11.0 Å². The maximum atomic E-state index is 15.1. The smallest absolute Gasteiger partial charge is 0.414 e. The van der Waals surface area contributed by atoms with E-state index in [0.717, 1.165) is 25.3 Å². The minimum atomic E-state index is -0.707. The number of rotatable bonds is 7. The molecular weight excluding hydrogens is 513 g/mol. The first kappa shape index (κ1) is 24.8. The third kappa shape index (κ3) is 5.35. The van der Waals surface area contributed by atoms with Crippen LogP contribution in [0.4, 0.5) is 14.9 Å². The molecule has 3 aromatic rings. The van der Waals surface area contributed by atoms with E-state index in [1.54, 1.807) is 41.5 Å². The molecule has 0 bridgehead atoms. The zero-order valence-electron chi connectivity index (χ0n) is 20.5. The first-order chi connectivity index (χ1) is 18.5. The number of ether oxygens (including phenoxy) is 1. The van der Waals surface area contributed by atoms with Gasteiger partial charge >= 0.3 is 6.09 Å². The van der Waals surface area contributed by atoms with Crippen LogP contribution in [0, 0.1) is 5.82 Å². The van der Waals surface area contributed by atoms with Gasteiger partial charge in [-0.25, -0.2) is 13.9 Å². The van der Waals surface area contributed by atoms with Crippen molar-refractivity contribution in [1.82, 2.24) is 24.9 Å². The van der Waals surface area contributed by atoms with Crippen molar-refractivity contribution in [2.75, 3.05) is 42.6 Å². The maximum Gasteiger partial charge on any atom is 0.414 e. The Morgan fingerprint density at radius 1 is 1.13 bits per heavy atom. The quantitative estimate of drug-likeness (QED) is 0.419. The molecule has 0 radical (unpaired) electrons. The highest BCUT2D eigenvalue weighted by molar-refractivity contribution is 7.91. The standard InChI is InChI=1S/C25H26FN7O4S/c26-22-11-18(33-16-20(36-25(33)34)15-32-6-5-28-30-32)2-3-21(22)17-1-4-23(27-13-17)24-12-19(37-29-24)14-31-7-9-38(35)10-8-31/h1-6,11,13,19-20H,7-10,12,14-16H2/t19-,20-/m0/s1.